The maximum Gasteiger partial charge on any atom is 0.318 e. The lowest BCUT2D eigenvalue weighted by molar-refractivity contribution is -0.128. The first kappa shape index (κ1) is 23.3. The van der Waals surface area contributed by atoms with Crippen molar-refractivity contribution in [3.05, 3.63) is 59.1 Å². The number of hydrogen-bond donors (Lipinski definition) is 0. The Morgan fingerprint density at radius 2 is 2.20 bits per heavy atom. The molecule has 5 rings (SSSR count). The lowest BCUT2D eigenvalue weighted by Crippen LogP contribution is -2.55. The monoisotopic (exact) mass is 475 g/mol. The van der Waals surface area contributed by atoms with E-state index in [1.165, 1.54) is 11.6 Å². The van der Waals surface area contributed by atoms with Gasteiger partial charge in [-0.05, 0) is 67.9 Å². The zero-order valence-corrected chi connectivity index (χ0v) is 20.1. The summed E-state index contributed by atoms with van der Waals surface area (Å²) in [6.07, 6.45) is 7.05. The van der Waals surface area contributed by atoms with Crippen LogP contribution in [0.4, 0.5) is 10.2 Å². The third-order valence-corrected chi connectivity index (χ3v) is 7.90. The molecule has 2 aromatic rings. The summed E-state index contributed by atoms with van der Waals surface area (Å²) in [6, 6.07) is 7.51. The molecule has 35 heavy (non-hydrogen) atoms. The molecular formula is C27H30FN5O2. The van der Waals surface area contributed by atoms with E-state index in [2.05, 4.69) is 17.5 Å². The number of piperazine rings is 1. The summed E-state index contributed by atoms with van der Waals surface area (Å²) < 4.78 is 19.7. The molecule has 0 bridgehead atoms. The number of halogens is 1. The minimum absolute atomic E-state index is 0.127. The molecule has 0 saturated carbocycles. The number of anilines is 1. The van der Waals surface area contributed by atoms with Crippen molar-refractivity contribution in [2.24, 2.45) is 0 Å². The summed E-state index contributed by atoms with van der Waals surface area (Å²) in [7, 11) is 1.56. The van der Waals surface area contributed by atoms with Crippen LogP contribution in [0.25, 0.3) is 0 Å². The van der Waals surface area contributed by atoms with Crippen molar-refractivity contribution in [1.82, 2.24) is 14.9 Å². The Hall–Kier alpha value is -3.47. The number of fused-ring (bicyclic) bond motifs is 3. The molecule has 1 fully saturated rings. The van der Waals surface area contributed by atoms with E-state index in [0.717, 1.165) is 61.2 Å². The quantitative estimate of drug-likeness (QED) is 0.630. The van der Waals surface area contributed by atoms with Crippen molar-refractivity contribution in [1.29, 1.82) is 5.26 Å². The molecule has 1 amide bonds. The fraction of sp³-hybridized carbons (Fsp3) is 0.481. The van der Waals surface area contributed by atoms with Gasteiger partial charge in [0.2, 0.25) is 5.91 Å². The number of hydrogen-bond acceptors (Lipinski definition) is 6. The van der Waals surface area contributed by atoms with Gasteiger partial charge in [0.1, 0.15) is 11.6 Å². The molecule has 2 heterocycles. The van der Waals surface area contributed by atoms with Gasteiger partial charge in [-0.3, -0.25) is 4.79 Å². The summed E-state index contributed by atoms with van der Waals surface area (Å²) in [5.74, 6) is 0.482. The van der Waals surface area contributed by atoms with Gasteiger partial charge in [0, 0.05) is 30.6 Å². The second-order valence-electron chi connectivity index (χ2n) is 9.77. The Balaban J connectivity index is 1.50. The second-order valence-corrected chi connectivity index (χ2v) is 9.77. The molecule has 1 aliphatic heterocycles. The van der Waals surface area contributed by atoms with Gasteiger partial charge < -0.3 is 14.5 Å². The van der Waals surface area contributed by atoms with E-state index < -0.39 is 0 Å². The molecule has 2 aliphatic carbocycles. The molecule has 7 nitrogen and oxygen atoms in total. The van der Waals surface area contributed by atoms with E-state index >= 15 is 0 Å². The molecule has 3 aliphatic rings. The van der Waals surface area contributed by atoms with Gasteiger partial charge in [0.15, 0.2) is 0 Å². The fourth-order valence-corrected chi connectivity index (χ4v) is 6.21. The fourth-order valence-electron chi connectivity index (χ4n) is 6.21. The van der Waals surface area contributed by atoms with Crippen molar-refractivity contribution in [2.75, 3.05) is 31.6 Å². The molecule has 1 aromatic carbocycles. The van der Waals surface area contributed by atoms with Crippen LogP contribution in [0.1, 0.15) is 48.1 Å². The summed E-state index contributed by atoms with van der Waals surface area (Å²) in [4.78, 5) is 25.7. The molecule has 1 spiro atoms. The number of methoxy groups -OCH3 is 1. The first-order valence-electron chi connectivity index (χ1n) is 12.3. The molecule has 182 valence electrons. The minimum atomic E-state index is -0.237. The van der Waals surface area contributed by atoms with Gasteiger partial charge in [0.05, 0.1) is 31.3 Å². The maximum absolute atomic E-state index is 14.3. The van der Waals surface area contributed by atoms with Gasteiger partial charge in [0.25, 0.3) is 0 Å². The van der Waals surface area contributed by atoms with E-state index in [4.69, 9.17) is 14.7 Å². The van der Waals surface area contributed by atoms with E-state index in [-0.39, 0.29) is 29.6 Å². The largest absolute Gasteiger partial charge is 0.467 e. The number of aryl methyl sites for hydroxylation is 1. The van der Waals surface area contributed by atoms with Crippen molar-refractivity contribution in [3.8, 4) is 12.1 Å². The molecule has 0 N–H and O–H groups in total. The standard InChI is InChI=1S/C27H30FN5O2/c1-3-24(34)33-14-13-32(17-20(33)9-12-29)25-21-8-11-27(16-23(21)30-26(31-25)35-2)10-4-5-18-6-7-19(28)15-22(18)27/h3,6-7,15,20H,1,4-5,8-11,13-14,16-17H2,2H3. The van der Waals surface area contributed by atoms with E-state index in [1.54, 1.807) is 24.1 Å². The van der Waals surface area contributed by atoms with Crippen LogP contribution in [0.2, 0.25) is 0 Å². The number of rotatable bonds is 4. The highest BCUT2D eigenvalue weighted by atomic mass is 19.1. The number of aromatic nitrogens is 2. The van der Waals surface area contributed by atoms with Gasteiger partial charge in [-0.2, -0.15) is 15.2 Å². The van der Waals surface area contributed by atoms with Crippen LogP contribution in [-0.2, 0) is 29.5 Å². The van der Waals surface area contributed by atoms with E-state index in [9.17, 15) is 14.4 Å². The van der Waals surface area contributed by atoms with Crippen molar-refractivity contribution in [3.63, 3.8) is 0 Å². The van der Waals surface area contributed by atoms with Crippen molar-refractivity contribution < 1.29 is 13.9 Å². The lowest BCUT2D eigenvalue weighted by atomic mass is 9.62. The number of nitrogens with zero attached hydrogens (tertiary/aromatic N) is 5. The molecule has 1 saturated heterocycles. The first-order valence-corrected chi connectivity index (χ1v) is 12.3. The third kappa shape index (κ3) is 4.13. The van der Waals surface area contributed by atoms with Crippen LogP contribution in [0.5, 0.6) is 6.01 Å². The molecule has 1 aromatic heterocycles. The number of nitriles is 1. The van der Waals surface area contributed by atoms with Gasteiger partial charge in [-0.25, -0.2) is 4.39 Å². The van der Waals surface area contributed by atoms with E-state index in [0.29, 0.717) is 25.6 Å². The number of amides is 1. The number of carbonyl (C=O) groups excluding carboxylic acids is 1. The summed E-state index contributed by atoms with van der Waals surface area (Å²) in [5.41, 5.74) is 4.29. The van der Waals surface area contributed by atoms with Gasteiger partial charge in [-0.1, -0.05) is 12.6 Å². The van der Waals surface area contributed by atoms with Crippen LogP contribution in [0.3, 0.4) is 0 Å². The normalized spacial score (nSPS) is 23.3. The number of ether oxygens (including phenoxy) is 1. The first-order chi connectivity index (χ1) is 17.0. The maximum atomic E-state index is 14.3. The average Bonchev–Trinajstić information content (AvgIpc) is 2.88. The Kier molecular flexibility index (Phi) is 6.18. The Labute approximate surface area is 205 Å². The highest BCUT2D eigenvalue weighted by Gasteiger charge is 2.42. The van der Waals surface area contributed by atoms with Gasteiger partial charge in [-0.15, -0.1) is 0 Å². The Bertz CT molecular complexity index is 1210. The highest BCUT2D eigenvalue weighted by molar-refractivity contribution is 5.87. The Morgan fingerprint density at radius 1 is 1.34 bits per heavy atom. The van der Waals surface area contributed by atoms with Gasteiger partial charge >= 0.3 is 6.01 Å². The van der Waals surface area contributed by atoms with Crippen LogP contribution >= 0.6 is 0 Å². The highest BCUT2D eigenvalue weighted by Crippen LogP contribution is 2.47. The molecule has 0 radical (unpaired) electrons. The number of carbonyl (C=O) groups is 1. The lowest BCUT2D eigenvalue weighted by Gasteiger charge is -2.44. The smallest absolute Gasteiger partial charge is 0.318 e. The van der Waals surface area contributed by atoms with Crippen molar-refractivity contribution in [2.45, 2.75) is 56.4 Å². The minimum Gasteiger partial charge on any atom is -0.467 e. The van der Waals surface area contributed by atoms with Crippen LogP contribution < -0.4 is 9.64 Å². The Morgan fingerprint density at radius 3 is 2.97 bits per heavy atom. The predicted octanol–water partition coefficient (Wildman–Crippen LogP) is 3.50. The predicted molar refractivity (Wildman–Crippen MR) is 130 cm³/mol. The third-order valence-electron chi connectivity index (χ3n) is 7.90. The summed E-state index contributed by atoms with van der Waals surface area (Å²) in [5, 5.41) is 9.36. The average molecular weight is 476 g/mol. The second kappa shape index (κ2) is 9.29. The zero-order chi connectivity index (χ0) is 24.6. The van der Waals surface area contributed by atoms with Crippen LogP contribution in [0, 0.1) is 17.1 Å². The van der Waals surface area contributed by atoms with Crippen LogP contribution in [0.15, 0.2) is 30.9 Å². The number of benzene rings is 1. The molecule has 2 atom stereocenters. The summed E-state index contributed by atoms with van der Waals surface area (Å²) in [6.45, 7) is 5.21. The molecule has 2 unspecified atom stereocenters. The SMILES string of the molecule is C=CC(=O)N1CCN(c2nc(OC)nc3c2CCC2(CCCc4ccc(F)cc42)C3)CC1CC#N. The van der Waals surface area contributed by atoms with Crippen molar-refractivity contribution >= 4 is 11.7 Å². The topological polar surface area (TPSA) is 82.3 Å². The summed E-state index contributed by atoms with van der Waals surface area (Å²) >= 11 is 0. The zero-order valence-electron chi connectivity index (χ0n) is 20.1. The van der Waals surface area contributed by atoms with Crippen LogP contribution in [-0.4, -0.2) is 53.6 Å². The molecule has 8 heteroatoms. The van der Waals surface area contributed by atoms with E-state index in [1.807, 2.05) is 6.07 Å². The molecular weight excluding hydrogens is 445 g/mol.